The molecule has 1 N–H and O–H groups in total. The van der Waals surface area contributed by atoms with Crippen LogP contribution in [0.15, 0.2) is 45.5 Å². The van der Waals surface area contributed by atoms with Crippen molar-refractivity contribution >= 4 is 29.2 Å². The van der Waals surface area contributed by atoms with Crippen molar-refractivity contribution in [3.63, 3.8) is 0 Å². The van der Waals surface area contributed by atoms with Crippen molar-refractivity contribution in [2.24, 2.45) is 4.99 Å². The number of nitrogens with one attached hydrogen (secondary N) is 1. The van der Waals surface area contributed by atoms with E-state index >= 15 is 0 Å². The summed E-state index contributed by atoms with van der Waals surface area (Å²) in [4.78, 5) is 13.3. The Morgan fingerprint density at radius 2 is 2.29 bits per heavy atom. The molecule has 6 nitrogen and oxygen atoms in total. The summed E-state index contributed by atoms with van der Waals surface area (Å²) < 4.78 is 5.07. The molecule has 1 aliphatic heterocycles. The number of hydrogen-bond acceptors (Lipinski definition) is 7. The number of hydrogen-bond donors (Lipinski definition) is 1. The third-order valence-corrected chi connectivity index (χ3v) is 4.00. The van der Waals surface area contributed by atoms with Crippen LogP contribution in [-0.2, 0) is 11.2 Å². The van der Waals surface area contributed by atoms with Gasteiger partial charge in [-0.05, 0) is 17.7 Å². The van der Waals surface area contributed by atoms with Gasteiger partial charge in [-0.25, -0.2) is 9.97 Å². The van der Waals surface area contributed by atoms with Crippen LogP contribution in [0.25, 0.3) is 0 Å². The molecular weight excluding hydrogens is 286 g/mol. The number of methoxy groups -OCH3 is 1. The Kier molecular flexibility index (Phi) is 3.71. The zero-order valence-corrected chi connectivity index (χ0v) is 12.0. The molecule has 7 heteroatoms. The predicted octanol–water partition coefficient (Wildman–Crippen LogP) is 2.75. The first-order chi connectivity index (χ1) is 10.3. The molecule has 0 bridgehead atoms. The molecule has 1 aliphatic rings. The summed E-state index contributed by atoms with van der Waals surface area (Å²) in [6.45, 7) is 0. The van der Waals surface area contributed by atoms with Crippen molar-refractivity contribution in [1.29, 1.82) is 5.26 Å². The molecule has 0 radical (unpaired) electrons. The molecule has 0 saturated heterocycles. The summed E-state index contributed by atoms with van der Waals surface area (Å²) >= 11 is 1.58. The molecule has 0 spiro atoms. The molecule has 0 atom stereocenters. The van der Waals surface area contributed by atoms with Crippen LogP contribution in [0.3, 0.4) is 0 Å². The van der Waals surface area contributed by atoms with E-state index in [1.165, 1.54) is 7.11 Å². The van der Waals surface area contributed by atoms with Gasteiger partial charge >= 0.3 is 0 Å². The van der Waals surface area contributed by atoms with Crippen molar-refractivity contribution in [3.8, 4) is 6.19 Å². The summed E-state index contributed by atoms with van der Waals surface area (Å²) in [6.07, 6.45) is 5.54. The van der Waals surface area contributed by atoms with E-state index in [0.717, 1.165) is 27.0 Å². The van der Waals surface area contributed by atoms with Crippen molar-refractivity contribution in [1.82, 2.24) is 9.97 Å². The summed E-state index contributed by atoms with van der Waals surface area (Å²) in [5, 5.41) is 12.7. The number of anilines is 2. The number of benzene rings is 1. The minimum absolute atomic E-state index is 0.390. The van der Waals surface area contributed by atoms with E-state index in [9.17, 15) is 0 Å². The van der Waals surface area contributed by atoms with Crippen molar-refractivity contribution in [3.05, 3.63) is 36.2 Å². The van der Waals surface area contributed by atoms with E-state index in [4.69, 9.17) is 10.00 Å². The topological polar surface area (TPSA) is 83.2 Å². The van der Waals surface area contributed by atoms with Gasteiger partial charge in [0, 0.05) is 23.7 Å². The van der Waals surface area contributed by atoms with E-state index in [1.807, 2.05) is 18.2 Å². The number of nitriles is 1. The lowest BCUT2D eigenvalue weighted by molar-refractivity contribution is 0.394. The first-order valence-electron chi connectivity index (χ1n) is 6.18. The Hall–Kier alpha value is -2.59. The van der Waals surface area contributed by atoms with Crippen LogP contribution < -0.4 is 5.32 Å². The Morgan fingerprint density at radius 1 is 1.43 bits per heavy atom. The summed E-state index contributed by atoms with van der Waals surface area (Å²) in [6, 6.07) is 6.01. The number of aromatic nitrogens is 2. The normalized spacial score (nSPS) is 12.7. The monoisotopic (exact) mass is 297 g/mol. The van der Waals surface area contributed by atoms with Crippen molar-refractivity contribution in [2.75, 3.05) is 12.4 Å². The Labute approximate surface area is 125 Å². The van der Waals surface area contributed by atoms with Gasteiger partial charge < -0.3 is 10.1 Å². The Balaban J connectivity index is 1.87. The number of nitrogens with zero attached hydrogens (tertiary/aromatic N) is 4. The number of rotatable bonds is 2. The largest absolute Gasteiger partial charge is 0.483 e. The SMILES string of the molecule is COC(Cc1ccc2c(c1)Nc1nccnc1S2)=NC#N. The summed E-state index contributed by atoms with van der Waals surface area (Å²) in [5.41, 5.74) is 1.97. The minimum atomic E-state index is 0.390. The highest BCUT2D eigenvalue weighted by Crippen LogP contribution is 2.41. The summed E-state index contributed by atoms with van der Waals surface area (Å²) in [7, 11) is 1.51. The molecule has 104 valence electrons. The van der Waals surface area contributed by atoms with Crippen LogP contribution in [0.4, 0.5) is 11.5 Å². The van der Waals surface area contributed by atoms with E-state index in [-0.39, 0.29) is 0 Å². The second-order valence-corrected chi connectivity index (χ2v) is 5.28. The highest BCUT2D eigenvalue weighted by Gasteiger charge is 2.18. The van der Waals surface area contributed by atoms with Gasteiger partial charge in [0.1, 0.15) is 5.03 Å². The molecule has 0 saturated carbocycles. The summed E-state index contributed by atoms with van der Waals surface area (Å²) in [5.74, 6) is 1.14. The molecule has 21 heavy (non-hydrogen) atoms. The molecule has 0 aliphatic carbocycles. The van der Waals surface area contributed by atoms with Crippen LogP contribution in [0, 0.1) is 11.5 Å². The average molecular weight is 297 g/mol. The number of ether oxygens (including phenoxy) is 1. The standard InChI is InChI=1S/C14H11N5OS/c1-20-12(18-8-15)7-9-2-3-11-10(6-9)19-13-14(21-11)17-5-4-16-13/h2-6H,7H2,1H3,(H,16,19). The quantitative estimate of drug-likeness (QED) is 0.445. The van der Waals surface area contributed by atoms with E-state index < -0.39 is 0 Å². The molecule has 0 amide bonds. The fourth-order valence-electron chi connectivity index (χ4n) is 1.98. The second-order valence-electron chi connectivity index (χ2n) is 4.25. The smallest absolute Gasteiger partial charge is 0.208 e. The van der Waals surface area contributed by atoms with Crippen molar-refractivity contribution < 1.29 is 4.74 Å². The van der Waals surface area contributed by atoms with Gasteiger partial charge in [0.25, 0.3) is 0 Å². The van der Waals surface area contributed by atoms with Crippen LogP contribution >= 0.6 is 11.8 Å². The van der Waals surface area contributed by atoms with Gasteiger partial charge in [-0.2, -0.15) is 5.26 Å². The van der Waals surface area contributed by atoms with Gasteiger partial charge in [-0.15, -0.1) is 4.99 Å². The van der Waals surface area contributed by atoms with Crippen molar-refractivity contribution in [2.45, 2.75) is 16.3 Å². The van der Waals surface area contributed by atoms with Crippen LogP contribution in [0.1, 0.15) is 5.56 Å². The molecule has 0 fully saturated rings. The lowest BCUT2D eigenvalue weighted by atomic mass is 10.1. The zero-order valence-electron chi connectivity index (χ0n) is 11.2. The molecule has 1 aromatic carbocycles. The zero-order chi connectivity index (χ0) is 14.7. The Morgan fingerprint density at radius 3 is 3.10 bits per heavy atom. The highest BCUT2D eigenvalue weighted by atomic mass is 32.2. The van der Waals surface area contributed by atoms with E-state index in [0.29, 0.717) is 12.3 Å². The molecule has 2 aromatic rings. The van der Waals surface area contributed by atoms with Gasteiger partial charge in [-0.1, -0.05) is 17.8 Å². The lowest BCUT2D eigenvalue weighted by Crippen LogP contribution is -2.07. The maximum atomic E-state index is 8.60. The fourth-order valence-corrected chi connectivity index (χ4v) is 2.86. The minimum Gasteiger partial charge on any atom is -0.483 e. The molecule has 2 heterocycles. The van der Waals surface area contributed by atoms with Gasteiger partial charge in [-0.3, -0.25) is 0 Å². The van der Waals surface area contributed by atoms with Gasteiger partial charge in [0.05, 0.1) is 12.8 Å². The van der Waals surface area contributed by atoms with Crippen LogP contribution in [0.2, 0.25) is 0 Å². The first kappa shape index (κ1) is 13.4. The number of fused-ring (bicyclic) bond motifs is 2. The molecule has 3 rings (SSSR count). The molecule has 1 aromatic heterocycles. The molecular formula is C14H11N5OS. The van der Waals surface area contributed by atoms with E-state index in [2.05, 4.69) is 20.3 Å². The first-order valence-corrected chi connectivity index (χ1v) is 7.00. The second kappa shape index (κ2) is 5.81. The van der Waals surface area contributed by atoms with E-state index in [1.54, 1.807) is 30.3 Å². The highest BCUT2D eigenvalue weighted by molar-refractivity contribution is 7.99. The average Bonchev–Trinajstić information content (AvgIpc) is 2.52. The Bertz CT molecular complexity index is 753. The maximum absolute atomic E-state index is 8.60. The van der Waals surface area contributed by atoms with Gasteiger partial charge in [0.2, 0.25) is 12.1 Å². The third kappa shape index (κ3) is 2.80. The van der Waals surface area contributed by atoms with Crippen LogP contribution in [-0.4, -0.2) is 23.0 Å². The number of aliphatic imine (C=N–C) groups is 1. The van der Waals surface area contributed by atoms with Gasteiger partial charge in [0.15, 0.2) is 5.82 Å². The maximum Gasteiger partial charge on any atom is 0.208 e. The predicted molar refractivity (Wildman–Crippen MR) is 79.6 cm³/mol. The van der Waals surface area contributed by atoms with Crippen LogP contribution in [0.5, 0.6) is 0 Å². The fraction of sp³-hybridized carbons (Fsp3) is 0.143. The third-order valence-electron chi connectivity index (χ3n) is 2.93. The molecule has 0 unspecified atom stereocenters. The lowest BCUT2D eigenvalue weighted by Gasteiger charge is -2.19.